The van der Waals surface area contributed by atoms with Crippen molar-refractivity contribution < 1.29 is 31.1 Å². The van der Waals surface area contributed by atoms with Crippen LogP contribution < -0.4 is 5.32 Å². The molecule has 1 amide bonds. The summed E-state index contributed by atoms with van der Waals surface area (Å²) in [6, 6.07) is 6.94. The van der Waals surface area contributed by atoms with Crippen molar-refractivity contribution in [2.24, 2.45) is 0 Å². The van der Waals surface area contributed by atoms with E-state index in [1.165, 1.54) is 19.1 Å². The minimum atomic E-state index is -4.72. The summed E-state index contributed by atoms with van der Waals surface area (Å²) in [5, 5.41) is 2.17. The van der Waals surface area contributed by atoms with E-state index in [1.807, 2.05) is 0 Å². The van der Waals surface area contributed by atoms with Gasteiger partial charge >= 0.3 is 12.4 Å². The highest BCUT2D eigenvalue weighted by atomic mass is 19.4. The van der Waals surface area contributed by atoms with Gasteiger partial charge in [-0.15, -0.1) is 0 Å². The van der Waals surface area contributed by atoms with Gasteiger partial charge in [-0.1, -0.05) is 12.1 Å². The molecule has 0 aliphatic rings. The Balaban J connectivity index is 2.30. The molecule has 128 valence electrons. The Labute approximate surface area is 133 Å². The van der Waals surface area contributed by atoms with Gasteiger partial charge in [-0.25, -0.2) is 0 Å². The summed E-state index contributed by atoms with van der Waals surface area (Å²) >= 11 is 0. The molecule has 0 unspecified atom stereocenters. The molecule has 2 aromatic carbocycles. The monoisotopic (exact) mass is 347 g/mol. The number of carbonyl (C=O) groups excluding carboxylic acids is 1. The van der Waals surface area contributed by atoms with E-state index >= 15 is 0 Å². The molecular weight excluding hydrogens is 336 g/mol. The predicted molar refractivity (Wildman–Crippen MR) is 75.6 cm³/mol. The first kappa shape index (κ1) is 17.8. The van der Waals surface area contributed by atoms with Gasteiger partial charge in [0.05, 0.1) is 16.7 Å². The third-order valence-electron chi connectivity index (χ3n) is 3.27. The van der Waals surface area contributed by atoms with Crippen molar-refractivity contribution in [3.05, 3.63) is 64.7 Å². The largest absolute Gasteiger partial charge is 0.417 e. The van der Waals surface area contributed by atoms with E-state index in [-0.39, 0.29) is 11.3 Å². The van der Waals surface area contributed by atoms with Crippen LogP contribution in [0.5, 0.6) is 0 Å². The van der Waals surface area contributed by atoms with Crippen LogP contribution in [-0.4, -0.2) is 5.91 Å². The highest BCUT2D eigenvalue weighted by Crippen LogP contribution is 2.35. The van der Waals surface area contributed by atoms with Crippen LogP contribution in [0.3, 0.4) is 0 Å². The molecule has 2 nitrogen and oxygen atoms in total. The molecule has 0 atom stereocenters. The van der Waals surface area contributed by atoms with Gasteiger partial charge in [0.1, 0.15) is 0 Å². The summed E-state index contributed by atoms with van der Waals surface area (Å²) in [6.45, 7) is 1.22. The first-order chi connectivity index (χ1) is 11.0. The van der Waals surface area contributed by atoms with Crippen molar-refractivity contribution in [2.75, 3.05) is 5.32 Å². The Kier molecular flexibility index (Phi) is 4.59. The Hall–Kier alpha value is -2.51. The highest BCUT2D eigenvalue weighted by Gasteiger charge is 2.37. The van der Waals surface area contributed by atoms with Gasteiger partial charge in [-0.2, -0.15) is 26.3 Å². The smallest absolute Gasteiger partial charge is 0.322 e. The number of benzene rings is 2. The molecule has 0 radical (unpaired) electrons. The molecule has 0 fully saturated rings. The van der Waals surface area contributed by atoms with Crippen molar-refractivity contribution in [1.82, 2.24) is 0 Å². The van der Waals surface area contributed by atoms with Crippen LogP contribution in [0.25, 0.3) is 0 Å². The van der Waals surface area contributed by atoms with E-state index < -0.39 is 35.0 Å². The van der Waals surface area contributed by atoms with Gasteiger partial charge in [-0.05, 0) is 42.8 Å². The Morgan fingerprint density at radius 1 is 0.875 bits per heavy atom. The Morgan fingerprint density at radius 3 is 1.96 bits per heavy atom. The summed E-state index contributed by atoms with van der Waals surface area (Å²) in [5.74, 6) is -1.05. The van der Waals surface area contributed by atoms with E-state index in [0.29, 0.717) is 0 Å². The molecule has 8 heteroatoms. The van der Waals surface area contributed by atoms with Gasteiger partial charge < -0.3 is 5.32 Å². The van der Waals surface area contributed by atoms with E-state index in [1.54, 1.807) is 0 Å². The average Bonchev–Trinajstić information content (AvgIpc) is 2.45. The second-order valence-corrected chi connectivity index (χ2v) is 5.02. The van der Waals surface area contributed by atoms with Crippen LogP contribution >= 0.6 is 0 Å². The maximum Gasteiger partial charge on any atom is 0.417 e. The molecule has 0 bridgehead atoms. The van der Waals surface area contributed by atoms with Crippen LogP contribution in [0.2, 0.25) is 0 Å². The summed E-state index contributed by atoms with van der Waals surface area (Å²) in [7, 11) is 0. The molecular formula is C16H11F6NO. The van der Waals surface area contributed by atoms with Gasteiger partial charge in [0.2, 0.25) is 0 Å². The zero-order valence-corrected chi connectivity index (χ0v) is 12.2. The van der Waals surface area contributed by atoms with Gasteiger partial charge in [0, 0.05) is 5.69 Å². The number of hydrogen-bond acceptors (Lipinski definition) is 1. The van der Waals surface area contributed by atoms with Crippen molar-refractivity contribution in [3.8, 4) is 0 Å². The standard InChI is InChI=1S/C16H11F6NO/c1-9-3-2-4-12(13(9)16(20,21)22)14(24)23-11-7-5-10(6-8-11)15(17,18)19/h2-8H,1H3,(H,23,24). The zero-order valence-electron chi connectivity index (χ0n) is 12.2. The number of hydrogen-bond donors (Lipinski definition) is 1. The molecule has 24 heavy (non-hydrogen) atoms. The quantitative estimate of drug-likeness (QED) is 0.736. The number of halogens is 6. The van der Waals surface area contributed by atoms with Gasteiger partial charge in [0.15, 0.2) is 0 Å². The van der Waals surface area contributed by atoms with Crippen molar-refractivity contribution in [2.45, 2.75) is 19.3 Å². The third-order valence-corrected chi connectivity index (χ3v) is 3.27. The predicted octanol–water partition coefficient (Wildman–Crippen LogP) is 5.28. The van der Waals surface area contributed by atoms with Crippen LogP contribution in [0.4, 0.5) is 32.0 Å². The van der Waals surface area contributed by atoms with Crippen molar-refractivity contribution in [1.29, 1.82) is 0 Å². The summed E-state index contributed by atoms with van der Waals surface area (Å²) in [6.07, 6.45) is -9.26. The van der Waals surface area contributed by atoms with Crippen LogP contribution in [0.15, 0.2) is 42.5 Å². The molecule has 1 N–H and O–H groups in total. The lowest BCUT2D eigenvalue weighted by atomic mass is 10.0. The normalized spacial score (nSPS) is 12.1. The number of carbonyl (C=O) groups is 1. The maximum atomic E-state index is 13.1. The van der Waals surface area contributed by atoms with Crippen LogP contribution in [-0.2, 0) is 12.4 Å². The van der Waals surface area contributed by atoms with E-state index in [9.17, 15) is 31.1 Å². The highest BCUT2D eigenvalue weighted by molar-refractivity contribution is 6.05. The molecule has 2 rings (SSSR count). The third kappa shape index (κ3) is 3.87. The number of alkyl halides is 6. The molecule has 0 saturated carbocycles. The number of rotatable bonds is 2. The molecule has 0 aliphatic carbocycles. The first-order valence-corrected chi connectivity index (χ1v) is 6.65. The molecule has 0 aromatic heterocycles. The molecule has 0 heterocycles. The fraction of sp³-hybridized carbons (Fsp3) is 0.188. The Morgan fingerprint density at radius 2 is 1.46 bits per heavy atom. The van der Waals surface area contributed by atoms with E-state index in [2.05, 4.69) is 5.32 Å². The molecule has 2 aromatic rings. The summed E-state index contributed by atoms with van der Waals surface area (Å²) in [5.41, 5.74) is -2.76. The molecule has 0 spiro atoms. The lowest BCUT2D eigenvalue weighted by Gasteiger charge is -2.15. The fourth-order valence-electron chi connectivity index (χ4n) is 2.17. The molecule has 0 aliphatic heterocycles. The fourth-order valence-corrected chi connectivity index (χ4v) is 2.17. The minimum Gasteiger partial charge on any atom is -0.322 e. The number of nitrogens with one attached hydrogen (secondary N) is 1. The van der Waals surface area contributed by atoms with E-state index in [4.69, 9.17) is 0 Å². The summed E-state index contributed by atoms with van der Waals surface area (Å²) in [4.78, 5) is 12.1. The maximum absolute atomic E-state index is 13.1. The zero-order chi connectivity index (χ0) is 18.1. The van der Waals surface area contributed by atoms with Crippen LogP contribution in [0.1, 0.15) is 27.0 Å². The number of aryl methyl sites for hydroxylation is 1. The van der Waals surface area contributed by atoms with Gasteiger partial charge in [-0.3, -0.25) is 4.79 Å². The van der Waals surface area contributed by atoms with Gasteiger partial charge in [0.25, 0.3) is 5.91 Å². The lowest BCUT2D eigenvalue weighted by Crippen LogP contribution is -2.20. The van der Waals surface area contributed by atoms with Crippen LogP contribution in [0, 0.1) is 6.92 Å². The number of anilines is 1. The lowest BCUT2D eigenvalue weighted by molar-refractivity contribution is -0.138. The first-order valence-electron chi connectivity index (χ1n) is 6.65. The Bertz CT molecular complexity index is 747. The molecule has 0 saturated heterocycles. The topological polar surface area (TPSA) is 29.1 Å². The minimum absolute atomic E-state index is 0.0392. The second kappa shape index (κ2) is 6.18. The second-order valence-electron chi connectivity index (χ2n) is 5.02. The average molecular weight is 347 g/mol. The van der Waals surface area contributed by atoms with Crippen molar-refractivity contribution >= 4 is 11.6 Å². The number of amides is 1. The van der Waals surface area contributed by atoms with E-state index in [0.717, 1.165) is 30.3 Å². The van der Waals surface area contributed by atoms with Crippen molar-refractivity contribution in [3.63, 3.8) is 0 Å². The SMILES string of the molecule is Cc1cccc(C(=O)Nc2ccc(C(F)(F)F)cc2)c1C(F)(F)F. The summed E-state index contributed by atoms with van der Waals surface area (Å²) < 4.78 is 76.7.